The summed E-state index contributed by atoms with van der Waals surface area (Å²) < 4.78 is 12.8. The van der Waals surface area contributed by atoms with Crippen LogP contribution in [0.15, 0.2) is 60.7 Å². The van der Waals surface area contributed by atoms with Gasteiger partial charge >= 0.3 is 0 Å². The number of hydrogen-bond acceptors (Lipinski definition) is 4. The molecule has 2 amide bonds. The molecule has 30 heavy (non-hydrogen) atoms. The Hall–Kier alpha value is -2.70. The molecular weight excluding hydrogens is 380 g/mol. The highest BCUT2D eigenvalue weighted by molar-refractivity contribution is 5.80. The van der Waals surface area contributed by atoms with Crippen molar-refractivity contribution in [1.29, 1.82) is 0 Å². The summed E-state index contributed by atoms with van der Waals surface area (Å²) in [6.07, 6.45) is 1.52. The van der Waals surface area contributed by atoms with E-state index in [1.165, 1.54) is 0 Å². The van der Waals surface area contributed by atoms with E-state index in [1.54, 1.807) is 0 Å². The molecule has 6 heteroatoms. The number of benzene rings is 2. The molecule has 156 valence electrons. The lowest BCUT2D eigenvalue weighted by Crippen LogP contribution is -2.47. The largest absolute Gasteiger partial charge is 0.352 e. The number of fused-ring (bicyclic) bond motifs is 2. The first-order valence-electron chi connectivity index (χ1n) is 10.7. The first-order chi connectivity index (χ1) is 14.7. The number of rotatable bonds is 2. The van der Waals surface area contributed by atoms with Gasteiger partial charge in [0.05, 0.1) is 25.3 Å². The number of carbonyl (C=O) groups excluding carboxylic acids is 2. The predicted octanol–water partition coefficient (Wildman–Crippen LogP) is 3.41. The molecule has 0 bridgehead atoms. The maximum absolute atomic E-state index is 12.8. The lowest BCUT2D eigenvalue weighted by atomic mass is 10.1. The summed E-state index contributed by atoms with van der Waals surface area (Å²) in [4.78, 5) is 29.3. The molecule has 0 spiro atoms. The molecule has 0 radical (unpaired) electrons. The highest BCUT2D eigenvalue weighted by atomic mass is 16.5. The molecule has 3 fully saturated rings. The van der Waals surface area contributed by atoms with Crippen molar-refractivity contribution in [3.63, 3.8) is 0 Å². The van der Waals surface area contributed by atoms with Gasteiger partial charge in [-0.25, -0.2) is 0 Å². The molecule has 3 saturated heterocycles. The molecule has 2 aromatic carbocycles. The van der Waals surface area contributed by atoms with E-state index in [4.69, 9.17) is 9.47 Å². The zero-order chi connectivity index (χ0) is 20.5. The standard InChI is InChI=1S/C24H26N2O4/c27-21-13-11-19-16-30-24(18-9-5-2-6-10-18)26-20(12-14-22(26)28)15-29-23(25(19)21)17-7-3-1-4-8-17/h1-10,19-20,23-24H,11-16H2/t19-,20-,23-,24+/m0/s1. The third-order valence-corrected chi connectivity index (χ3v) is 6.31. The number of amides is 2. The average molecular weight is 406 g/mol. The maximum atomic E-state index is 12.8. The van der Waals surface area contributed by atoms with E-state index in [9.17, 15) is 9.59 Å². The number of ether oxygens (including phenoxy) is 2. The summed E-state index contributed by atoms with van der Waals surface area (Å²) in [6.45, 7) is 0.739. The van der Waals surface area contributed by atoms with Crippen LogP contribution in [-0.2, 0) is 19.1 Å². The van der Waals surface area contributed by atoms with Crippen molar-refractivity contribution in [2.75, 3.05) is 13.2 Å². The highest BCUT2D eigenvalue weighted by Gasteiger charge is 2.43. The first kappa shape index (κ1) is 19.3. The van der Waals surface area contributed by atoms with E-state index in [0.29, 0.717) is 26.1 Å². The third-order valence-electron chi connectivity index (χ3n) is 6.31. The van der Waals surface area contributed by atoms with Gasteiger partial charge < -0.3 is 19.3 Å². The number of hydrogen-bond donors (Lipinski definition) is 0. The van der Waals surface area contributed by atoms with E-state index in [2.05, 4.69) is 0 Å². The molecule has 0 N–H and O–H groups in total. The monoisotopic (exact) mass is 406 g/mol. The third kappa shape index (κ3) is 3.50. The van der Waals surface area contributed by atoms with Gasteiger partial charge in [0.1, 0.15) is 0 Å². The van der Waals surface area contributed by atoms with Gasteiger partial charge in [0.2, 0.25) is 11.8 Å². The van der Waals surface area contributed by atoms with Crippen molar-refractivity contribution in [2.24, 2.45) is 0 Å². The van der Waals surface area contributed by atoms with Gasteiger partial charge in [0, 0.05) is 24.0 Å². The quantitative estimate of drug-likeness (QED) is 0.767. The Balaban J connectivity index is 1.50. The van der Waals surface area contributed by atoms with Gasteiger partial charge in [-0.1, -0.05) is 60.7 Å². The summed E-state index contributed by atoms with van der Waals surface area (Å²) in [7, 11) is 0. The Morgan fingerprint density at radius 2 is 1.03 bits per heavy atom. The molecule has 3 heterocycles. The van der Waals surface area contributed by atoms with Gasteiger partial charge in [-0.05, 0) is 12.8 Å². The second-order valence-electron chi connectivity index (χ2n) is 8.18. The van der Waals surface area contributed by atoms with Crippen LogP contribution in [0.1, 0.15) is 49.3 Å². The Bertz CT molecular complexity index is 828. The van der Waals surface area contributed by atoms with E-state index in [0.717, 1.165) is 24.0 Å². The second-order valence-corrected chi connectivity index (χ2v) is 8.18. The summed E-state index contributed by atoms with van der Waals surface area (Å²) in [6, 6.07) is 19.5. The van der Waals surface area contributed by atoms with Crippen LogP contribution in [-0.4, -0.2) is 46.9 Å². The molecule has 3 aliphatic heterocycles. The van der Waals surface area contributed by atoms with Crippen LogP contribution >= 0.6 is 0 Å². The Morgan fingerprint density at radius 1 is 0.633 bits per heavy atom. The van der Waals surface area contributed by atoms with Gasteiger partial charge in [0.15, 0.2) is 12.5 Å². The first-order valence-corrected chi connectivity index (χ1v) is 10.7. The van der Waals surface area contributed by atoms with Crippen LogP contribution in [0.5, 0.6) is 0 Å². The van der Waals surface area contributed by atoms with Gasteiger partial charge in [-0.3, -0.25) is 9.59 Å². The molecule has 5 rings (SSSR count). The SMILES string of the molecule is O=C1CC[C@H]2CO[C@@H](c3ccccc3)N3C(=O)CC[C@H]3CO[C@H](c3ccccc3)N12. The molecule has 2 aromatic rings. The molecule has 0 aromatic heterocycles. The smallest absolute Gasteiger partial charge is 0.225 e. The Labute approximate surface area is 176 Å². The molecule has 0 unspecified atom stereocenters. The Kier molecular flexibility index (Phi) is 5.27. The average Bonchev–Trinajstić information content (AvgIpc) is 3.33. The van der Waals surface area contributed by atoms with Crippen LogP contribution in [0.3, 0.4) is 0 Å². The molecule has 0 saturated carbocycles. The number of nitrogens with zero attached hydrogens (tertiary/aromatic N) is 2. The lowest BCUT2D eigenvalue weighted by Gasteiger charge is -2.40. The normalized spacial score (nSPS) is 29.6. The summed E-state index contributed by atoms with van der Waals surface area (Å²) in [5.74, 6) is 0.183. The topological polar surface area (TPSA) is 59.1 Å². The van der Waals surface area contributed by atoms with E-state index >= 15 is 0 Å². The maximum Gasteiger partial charge on any atom is 0.225 e. The van der Waals surface area contributed by atoms with Crippen molar-refractivity contribution >= 4 is 11.8 Å². The zero-order valence-electron chi connectivity index (χ0n) is 16.9. The molecular formula is C24H26N2O4. The minimum atomic E-state index is -0.458. The van der Waals surface area contributed by atoms with Crippen molar-refractivity contribution in [3.8, 4) is 0 Å². The second kappa shape index (κ2) is 8.20. The minimum Gasteiger partial charge on any atom is -0.352 e. The van der Waals surface area contributed by atoms with Crippen molar-refractivity contribution < 1.29 is 19.1 Å². The number of carbonyl (C=O) groups is 2. The van der Waals surface area contributed by atoms with Crippen molar-refractivity contribution in [2.45, 2.75) is 50.2 Å². The zero-order valence-corrected chi connectivity index (χ0v) is 16.9. The van der Waals surface area contributed by atoms with Gasteiger partial charge in [-0.15, -0.1) is 0 Å². The predicted molar refractivity (Wildman–Crippen MR) is 110 cm³/mol. The van der Waals surface area contributed by atoms with Crippen LogP contribution in [0, 0.1) is 0 Å². The van der Waals surface area contributed by atoms with Gasteiger partial charge in [-0.2, -0.15) is 0 Å². The minimum absolute atomic E-state index is 0.0804. The van der Waals surface area contributed by atoms with E-state index < -0.39 is 12.5 Å². The molecule has 4 atom stereocenters. The van der Waals surface area contributed by atoms with Crippen molar-refractivity contribution in [1.82, 2.24) is 9.80 Å². The lowest BCUT2D eigenvalue weighted by molar-refractivity contribution is -0.174. The summed E-state index contributed by atoms with van der Waals surface area (Å²) in [5.41, 5.74) is 1.91. The van der Waals surface area contributed by atoms with Crippen LogP contribution in [0.4, 0.5) is 0 Å². The van der Waals surface area contributed by atoms with Gasteiger partial charge in [0.25, 0.3) is 0 Å². The molecule has 0 aliphatic carbocycles. The fourth-order valence-corrected chi connectivity index (χ4v) is 4.81. The van der Waals surface area contributed by atoms with E-state index in [-0.39, 0.29) is 23.9 Å². The fraction of sp³-hybridized carbons (Fsp3) is 0.417. The fourth-order valence-electron chi connectivity index (χ4n) is 4.81. The molecule has 3 aliphatic rings. The summed E-state index contributed by atoms with van der Waals surface area (Å²) >= 11 is 0. The van der Waals surface area contributed by atoms with E-state index in [1.807, 2.05) is 70.5 Å². The van der Waals surface area contributed by atoms with Crippen molar-refractivity contribution in [3.05, 3.63) is 71.8 Å². The van der Waals surface area contributed by atoms with Crippen LogP contribution in [0.2, 0.25) is 0 Å². The van der Waals surface area contributed by atoms with Crippen LogP contribution < -0.4 is 0 Å². The highest BCUT2D eigenvalue weighted by Crippen LogP contribution is 2.37. The summed E-state index contributed by atoms with van der Waals surface area (Å²) in [5, 5.41) is 0. The molecule has 6 nitrogen and oxygen atoms in total. The van der Waals surface area contributed by atoms with Crippen LogP contribution in [0.25, 0.3) is 0 Å². The Morgan fingerprint density at radius 3 is 1.43 bits per heavy atom.